The number of rotatable bonds is 3. The minimum atomic E-state index is -0.148. The number of aryl methyl sites for hydroxylation is 1. The molecule has 1 saturated carbocycles. The highest BCUT2D eigenvalue weighted by Gasteiger charge is 2.42. The van der Waals surface area contributed by atoms with E-state index in [0.29, 0.717) is 18.4 Å². The van der Waals surface area contributed by atoms with Crippen LogP contribution in [-0.2, 0) is 7.05 Å². The second kappa shape index (κ2) is 4.52. The SMILES string of the molecule is Cn1cccc1C(=O)CN1CC2CCC(O)C2C1. The van der Waals surface area contributed by atoms with Crippen molar-refractivity contribution in [2.75, 3.05) is 19.6 Å². The molecule has 2 aliphatic rings. The van der Waals surface area contributed by atoms with E-state index in [4.69, 9.17) is 0 Å². The van der Waals surface area contributed by atoms with Crippen molar-refractivity contribution in [1.82, 2.24) is 9.47 Å². The van der Waals surface area contributed by atoms with Gasteiger partial charge in [0.15, 0.2) is 5.78 Å². The smallest absolute Gasteiger partial charge is 0.193 e. The number of hydrogen-bond acceptors (Lipinski definition) is 3. The van der Waals surface area contributed by atoms with Gasteiger partial charge in [-0.05, 0) is 30.9 Å². The van der Waals surface area contributed by atoms with Crippen molar-refractivity contribution < 1.29 is 9.90 Å². The van der Waals surface area contributed by atoms with Crippen LogP contribution in [0.3, 0.4) is 0 Å². The molecule has 3 unspecified atom stereocenters. The van der Waals surface area contributed by atoms with Crippen LogP contribution in [0.2, 0.25) is 0 Å². The van der Waals surface area contributed by atoms with Crippen LogP contribution in [0.5, 0.6) is 0 Å². The molecule has 4 heteroatoms. The zero-order valence-electron chi connectivity index (χ0n) is 10.7. The molecule has 1 aromatic rings. The van der Waals surface area contributed by atoms with Gasteiger partial charge in [-0.3, -0.25) is 9.69 Å². The lowest BCUT2D eigenvalue weighted by atomic mass is 10.00. The van der Waals surface area contributed by atoms with Gasteiger partial charge < -0.3 is 9.67 Å². The molecule has 1 saturated heterocycles. The molecule has 1 aromatic heterocycles. The molecule has 18 heavy (non-hydrogen) atoms. The third-order valence-corrected chi connectivity index (χ3v) is 4.49. The van der Waals surface area contributed by atoms with Gasteiger partial charge in [-0.2, -0.15) is 0 Å². The summed E-state index contributed by atoms with van der Waals surface area (Å²) >= 11 is 0. The average molecular weight is 248 g/mol. The fraction of sp³-hybridized carbons (Fsp3) is 0.643. The number of aliphatic hydroxyl groups excluding tert-OH is 1. The predicted molar refractivity (Wildman–Crippen MR) is 68.4 cm³/mol. The van der Waals surface area contributed by atoms with Crippen molar-refractivity contribution in [3.8, 4) is 0 Å². The molecule has 98 valence electrons. The molecule has 1 N–H and O–H groups in total. The zero-order chi connectivity index (χ0) is 12.7. The number of carbonyl (C=O) groups excluding carboxylic acids is 1. The molecule has 1 aliphatic heterocycles. The van der Waals surface area contributed by atoms with Crippen molar-refractivity contribution in [2.24, 2.45) is 18.9 Å². The first kappa shape index (κ1) is 11.9. The third kappa shape index (κ3) is 1.99. The first-order valence-corrected chi connectivity index (χ1v) is 6.70. The van der Waals surface area contributed by atoms with Gasteiger partial charge in [-0.25, -0.2) is 0 Å². The maximum atomic E-state index is 12.2. The Labute approximate surface area is 107 Å². The van der Waals surface area contributed by atoms with Crippen LogP contribution in [0, 0.1) is 11.8 Å². The quantitative estimate of drug-likeness (QED) is 0.809. The number of likely N-dealkylation sites (tertiary alicyclic amines) is 1. The van der Waals surface area contributed by atoms with Gasteiger partial charge >= 0.3 is 0 Å². The highest BCUT2D eigenvalue weighted by atomic mass is 16.3. The number of aliphatic hydroxyl groups is 1. The summed E-state index contributed by atoms with van der Waals surface area (Å²) in [5.41, 5.74) is 0.771. The molecule has 4 nitrogen and oxygen atoms in total. The van der Waals surface area contributed by atoms with Gasteiger partial charge in [0, 0.05) is 32.3 Å². The summed E-state index contributed by atoms with van der Waals surface area (Å²) in [6, 6.07) is 3.77. The summed E-state index contributed by atoms with van der Waals surface area (Å²) in [5, 5.41) is 9.86. The van der Waals surface area contributed by atoms with E-state index >= 15 is 0 Å². The van der Waals surface area contributed by atoms with E-state index in [1.54, 1.807) is 0 Å². The molecule has 2 heterocycles. The summed E-state index contributed by atoms with van der Waals surface area (Å²) in [5.74, 6) is 1.17. The predicted octanol–water partition coefficient (Wildman–Crippen LogP) is 0.911. The van der Waals surface area contributed by atoms with Gasteiger partial charge in [0.25, 0.3) is 0 Å². The van der Waals surface area contributed by atoms with E-state index in [2.05, 4.69) is 4.90 Å². The maximum absolute atomic E-state index is 12.2. The summed E-state index contributed by atoms with van der Waals surface area (Å²) < 4.78 is 1.87. The van der Waals surface area contributed by atoms with Crippen LogP contribution in [-0.4, -0.2) is 46.1 Å². The molecule has 0 amide bonds. The lowest BCUT2D eigenvalue weighted by Gasteiger charge is -2.17. The fourth-order valence-electron chi connectivity index (χ4n) is 3.49. The average Bonchev–Trinajstić information content (AvgIpc) is 2.98. The summed E-state index contributed by atoms with van der Waals surface area (Å²) in [7, 11) is 1.90. The highest BCUT2D eigenvalue weighted by Crippen LogP contribution is 2.37. The number of nitrogens with zero attached hydrogens (tertiary/aromatic N) is 2. The third-order valence-electron chi connectivity index (χ3n) is 4.49. The largest absolute Gasteiger partial charge is 0.393 e. The van der Waals surface area contributed by atoms with E-state index in [9.17, 15) is 9.90 Å². The molecule has 3 rings (SSSR count). The second-order valence-corrected chi connectivity index (χ2v) is 5.69. The lowest BCUT2D eigenvalue weighted by Crippen LogP contribution is -2.30. The van der Waals surface area contributed by atoms with Crippen LogP contribution < -0.4 is 0 Å². The van der Waals surface area contributed by atoms with Gasteiger partial charge in [0.2, 0.25) is 0 Å². The molecule has 0 bridgehead atoms. The van der Waals surface area contributed by atoms with Gasteiger partial charge in [-0.15, -0.1) is 0 Å². The summed E-state index contributed by atoms with van der Waals surface area (Å²) in [6.07, 6.45) is 3.80. The standard InChI is InChI=1S/C14H20N2O2/c1-15-6-2-3-12(15)14(18)9-16-7-10-4-5-13(17)11(10)8-16/h2-3,6,10-11,13,17H,4-5,7-9H2,1H3. The number of hydrogen-bond donors (Lipinski definition) is 1. The Morgan fingerprint density at radius 2 is 2.28 bits per heavy atom. The van der Waals surface area contributed by atoms with E-state index in [1.807, 2.05) is 29.9 Å². The highest BCUT2D eigenvalue weighted by molar-refractivity contribution is 5.96. The van der Waals surface area contributed by atoms with Crippen molar-refractivity contribution in [3.63, 3.8) is 0 Å². The first-order valence-electron chi connectivity index (χ1n) is 6.70. The Bertz CT molecular complexity index is 454. The fourth-order valence-corrected chi connectivity index (χ4v) is 3.49. The maximum Gasteiger partial charge on any atom is 0.193 e. The number of carbonyl (C=O) groups is 1. The summed E-state index contributed by atoms with van der Waals surface area (Å²) in [6.45, 7) is 2.33. The van der Waals surface area contributed by atoms with Crippen LogP contribution in [0.25, 0.3) is 0 Å². The van der Waals surface area contributed by atoms with Gasteiger partial charge in [0.05, 0.1) is 18.3 Å². The minimum absolute atomic E-state index is 0.148. The van der Waals surface area contributed by atoms with Crippen molar-refractivity contribution in [3.05, 3.63) is 24.0 Å². The van der Waals surface area contributed by atoms with E-state index in [-0.39, 0.29) is 11.9 Å². The monoisotopic (exact) mass is 248 g/mol. The Morgan fingerprint density at radius 1 is 1.44 bits per heavy atom. The Hall–Kier alpha value is -1.13. The molecule has 0 aromatic carbocycles. The number of aromatic nitrogens is 1. The zero-order valence-corrected chi connectivity index (χ0v) is 10.7. The van der Waals surface area contributed by atoms with Crippen LogP contribution in [0.4, 0.5) is 0 Å². The number of Topliss-reactive ketones (excluding diaryl/α,β-unsaturated/α-hetero) is 1. The number of ketones is 1. The minimum Gasteiger partial charge on any atom is -0.393 e. The molecule has 3 atom stereocenters. The molecular weight excluding hydrogens is 228 g/mol. The lowest BCUT2D eigenvalue weighted by molar-refractivity contribution is 0.0912. The van der Waals surface area contributed by atoms with E-state index < -0.39 is 0 Å². The van der Waals surface area contributed by atoms with Crippen LogP contribution in [0.1, 0.15) is 23.3 Å². The molecule has 2 fully saturated rings. The molecular formula is C14H20N2O2. The normalized spacial score (nSPS) is 31.8. The van der Waals surface area contributed by atoms with Crippen molar-refractivity contribution in [2.45, 2.75) is 18.9 Å². The van der Waals surface area contributed by atoms with Crippen molar-refractivity contribution >= 4 is 5.78 Å². The van der Waals surface area contributed by atoms with E-state index in [0.717, 1.165) is 31.6 Å². The van der Waals surface area contributed by atoms with Crippen LogP contribution >= 0.6 is 0 Å². The molecule has 1 aliphatic carbocycles. The number of fused-ring (bicyclic) bond motifs is 1. The van der Waals surface area contributed by atoms with Crippen LogP contribution in [0.15, 0.2) is 18.3 Å². The molecule has 0 radical (unpaired) electrons. The van der Waals surface area contributed by atoms with Gasteiger partial charge in [0.1, 0.15) is 0 Å². The topological polar surface area (TPSA) is 45.5 Å². The van der Waals surface area contributed by atoms with E-state index in [1.165, 1.54) is 0 Å². The molecule has 0 spiro atoms. The Balaban J connectivity index is 1.62. The van der Waals surface area contributed by atoms with Crippen molar-refractivity contribution in [1.29, 1.82) is 0 Å². The Morgan fingerprint density at radius 3 is 2.94 bits per heavy atom. The first-order chi connectivity index (χ1) is 8.65. The Kier molecular flexibility index (Phi) is 2.99. The second-order valence-electron chi connectivity index (χ2n) is 5.69. The summed E-state index contributed by atoms with van der Waals surface area (Å²) in [4.78, 5) is 14.4. The van der Waals surface area contributed by atoms with Gasteiger partial charge in [-0.1, -0.05) is 0 Å².